The van der Waals surface area contributed by atoms with Crippen LogP contribution in [0.2, 0.25) is 0 Å². The quantitative estimate of drug-likeness (QED) is 0.113. The third kappa shape index (κ3) is 9.09. The first-order valence-corrected chi connectivity index (χ1v) is 29.6. The van der Waals surface area contributed by atoms with Crippen LogP contribution in [0.25, 0.3) is 121 Å². The summed E-state index contributed by atoms with van der Waals surface area (Å²) in [7, 11) is 0. The Kier molecular flexibility index (Phi) is 12.6. The molecule has 0 spiro atoms. The first kappa shape index (κ1) is 50.4. The van der Waals surface area contributed by atoms with E-state index >= 15 is 0 Å². The van der Waals surface area contributed by atoms with E-state index in [0.717, 1.165) is 89.4 Å². The number of hydrogen-bond donors (Lipinski definition) is 0. The predicted molar refractivity (Wildman–Crippen MR) is 367 cm³/mol. The summed E-state index contributed by atoms with van der Waals surface area (Å²) in [4.78, 5) is 5.02. The normalized spacial score (nSPS) is 11.5. The van der Waals surface area contributed by atoms with Gasteiger partial charge in [-0.1, -0.05) is 267 Å². The summed E-state index contributed by atoms with van der Waals surface area (Å²) in [6.45, 7) is 0. The van der Waals surface area contributed by atoms with Gasteiger partial charge in [0, 0.05) is 44.3 Å². The summed E-state index contributed by atoms with van der Waals surface area (Å²) < 4.78 is 0. The van der Waals surface area contributed by atoms with Gasteiger partial charge in [0.1, 0.15) is 0 Å². The van der Waals surface area contributed by atoms with Crippen molar-refractivity contribution in [2.75, 3.05) is 9.80 Å². The average Bonchev–Trinajstić information content (AvgIpc) is 1.72. The molecule has 0 saturated heterocycles. The van der Waals surface area contributed by atoms with E-state index in [4.69, 9.17) is 0 Å². The van der Waals surface area contributed by atoms with Crippen LogP contribution >= 0.6 is 0 Å². The molecule has 0 aromatic heterocycles. The van der Waals surface area contributed by atoms with Crippen molar-refractivity contribution in [1.82, 2.24) is 0 Å². The van der Waals surface area contributed by atoms with Gasteiger partial charge in [0.2, 0.25) is 0 Å². The zero-order valence-electron chi connectivity index (χ0n) is 47.2. The Labute approximate surface area is 501 Å². The van der Waals surface area contributed by atoms with E-state index in [1.54, 1.807) is 0 Å². The highest BCUT2D eigenvalue weighted by Crippen LogP contribution is 2.53. The molecule has 0 radical (unpaired) electrons. The number of hydrogen-bond acceptors (Lipinski definition) is 2. The maximum atomic E-state index is 2.51. The van der Waals surface area contributed by atoms with Crippen LogP contribution < -0.4 is 9.80 Å². The Morgan fingerprint density at radius 3 is 0.767 bits per heavy atom. The van der Waals surface area contributed by atoms with Gasteiger partial charge in [-0.05, 0) is 172 Å². The molecular weight excluding hydrogens is 1040 g/mol. The Morgan fingerprint density at radius 1 is 0.163 bits per heavy atom. The fourth-order valence-corrected chi connectivity index (χ4v) is 13.2. The van der Waals surface area contributed by atoms with Gasteiger partial charge in [0.15, 0.2) is 0 Å². The number of benzene rings is 16. The SMILES string of the molecule is c1ccc(-c2cccc(N(c3cccc(-c4ccccc4)c3)c3cc(-c4ccc5ccccc5c4)c4ccc5c(N(c6cccc(-c7ccccc7)c6)c6cccc(-c7ccccc7)c6)cc(-c6ccc7ccccc7c6)c6ccc3c4c65)c2)cc1. The lowest BCUT2D eigenvalue weighted by molar-refractivity contribution is 1.30. The Morgan fingerprint density at radius 2 is 0.442 bits per heavy atom. The molecular formula is C84H56N2. The van der Waals surface area contributed by atoms with Gasteiger partial charge in [-0.25, -0.2) is 0 Å². The summed E-state index contributed by atoms with van der Waals surface area (Å²) in [5, 5.41) is 11.9. The van der Waals surface area contributed by atoms with Crippen molar-refractivity contribution < 1.29 is 0 Å². The van der Waals surface area contributed by atoms with Gasteiger partial charge >= 0.3 is 0 Å². The second-order valence-electron chi connectivity index (χ2n) is 22.4. The van der Waals surface area contributed by atoms with Crippen LogP contribution in [0.3, 0.4) is 0 Å². The molecule has 16 aromatic carbocycles. The molecule has 16 rings (SSSR count). The lowest BCUT2D eigenvalue weighted by Gasteiger charge is -2.31. The molecule has 0 bridgehead atoms. The summed E-state index contributed by atoms with van der Waals surface area (Å²) in [6, 6.07) is 125. The zero-order chi connectivity index (χ0) is 56.9. The monoisotopic (exact) mass is 1090 g/mol. The van der Waals surface area contributed by atoms with Crippen molar-refractivity contribution in [3.8, 4) is 66.8 Å². The molecule has 0 fully saturated rings. The topological polar surface area (TPSA) is 6.48 Å². The third-order valence-electron chi connectivity index (χ3n) is 17.3. The van der Waals surface area contributed by atoms with Crippen molar-refractivity contribution in [1.29, 1.82) is 0 Å². The van der Waals surface area contributed by atoms with Crippen LogP contribution in [-0.2, 0) is 0 Å². The second-order valence-corrected chi connectivity index (χ2v) is 22.4. The van der Waals surface area contributed by atoms with Crippen LogP contribution in [0.5, 0.6) is 0 Å². The number of fused-ring (bicyclic) bond motifs is 2. The van der Waals surface area contributed by atoms with E-state index in [1.807, 2.05) is 0 Å². The molecule has 0 aliphatic rings. The van der Waals surface area contributed by atoms with Crippen molar-refractivity contribution in [3.63, 3.8) is 0 Å². The third-order valence-corrected chi connectivity index (χ3v) is 17.3. The van der Waals surface area contributed by atoms with Crippen LogP contribution in [0, 0.1) is 0 Å². The van der Waals surface area contributed by atoms with Crippen molar-refractivity contribution in [2.45, 2.75) is 0 Å². The molecule has 0 amide bonds. The van der Waals surface area contributed by atoms with E-state index in [9.17, 15) is 0 Å². The molecule has 0 unspecified atom stereocenters. The number of anilines is 6. The molecule has 0 N–H and O–H groups in total. The molecule has 0 atom stereocenters. The highest BCUT2D eigenvalue weighted by molar-refractivity contribution is 6.32. The fraction of sp³-hybridized carbons (Fsp3) is 0. The van der Waals surface area contributed by atoms with Gasteiger partial charge in [-0.2, -0.15) is 0 Å². The van der Waals surface area contributed by atoms with Crippen molar-refractivity contribution >= 4 is 88.0 Å². The molecule has 2 nitrogen and oxygen atoms in total. The summed E-state index contributed by atoms with van der Waals surface area (Å²) in [5.41, 5.74) is 20.4. The van der Waals surface area contributed by atoms with Gasteiger partial charge in [0.05, 0.1) is 11.4 Å². The average molecular weight is 1090 g/mol. The van der Waals surface area contributed by atoms with E-state index in [-0.39, 0.29) is 0 Å². The van der Waals surface area contributed by atoms with Crippen LogP contribution in [-0.4, -0.2) is 0 Å². The van der Waals surface area contributed by atoms with E-state index in [2.05, 4.69) is 350 Å². The Hall–Kier alpha value is -11.3. The maximum absolute atomic E-state index is 2.51. The number of rotatable bonds is 12. The first-order chi connectivity index (χ1) is 42.6. The van der Waals surface area contributed by atoms with Crippen LogP contribution in [0.15, 0.2) is 340 Å². The summed E-state index contributed by atoms with van der Waals surface area (Å²) in [6.07, 6.45) is 0. The minimum absolute atomic E-state index is 1.07. The molecule has 0 aliphatic heterocycles. The van der Waals surface area contributed by atoms with Crippen LogP contribution in [0.4, 0.5) is 34.1 Å². The summed E-state index contributed by atoms with van der Waals surface area (Å²) in [5.74, 6) is 0. The molecule has 0 aliphatic carbocycles. The van der Waals surface area contributed by atoms with Crippen molar-refractivity contribution in [3.05, 3.63) is 340 Å². The number of nitrogens with zero attached hydrogens (tertiary/aromatic N) is 2. The molecule has 0 heterocycles. The predicted octanol–water partition coefficient (Wildman–Crippen LogP) is 23.8. The van der Waals surface area contributed by atoms with E-state index in [0.29, 0.717) is 0 Å². The minimum atomic E-state index is 1.07. The Bertz CT molecular complexity index is 4680. The Balaban J connectivity index is 1.04. The largest absolute Gasteiger partial charge is 0.310 e. The van der Waals surface area contributed by atoms with Gasteiger partial charge in [-0.15, -0.1) is 0 Å². The second kappa shape index (κ2) is 21.5. The molecule has 0 saturated carbocycles. The van der Waals surface area contributed by atoms with Crippen LogP contribution in [0.1, 0.15) is 0 Å². The van der Waals surface area contributed by atoms with Crippen molar-refractivity contribution in [2.24, 2.45) is 0 Å². The lowest BCUT2D eigenvalue weighted by Crippen LogP contribution is -2.12. The first-order valence-electron chi connectivity index (χ1n) is 29.6. The maximum Gasteiger partial charge on any atom is 0.0546 e. The minimum Gasteiger partial charge on any atom is -0.310 e. The highest BCUT2D eigenvalue weighted by Gasteiger charge is 2.27. The smallest absolute Gasteiger partial charge is 0.0546 e. The van der Waals surface area contributed by atoms with Gasteiger partial charge in [-0.3, -0.25) is 0 Å². The van der Waals surface area contributed by atoms with Gasteiger partial charge in [0.25, 0.3) is 0 Å². The molecule has 2 heteroatoms. The molecule has 16 aromatic rings. The van der Waals surface area contributed by atoms with E-state index < -0.39 is 0 Å². The summed E-state index contributed by atoms with van der Waals surface area (Å²) >= 11 is 0. The van der Waals surface area contributed by atoms with E-state index in [1.165, 1.54) is 65.3 Å². The zero-order valence-corrected chi connectivity index (χ0v) is 47.2. The molecule has 402 valence electrons. The van der Waals surface area contributed by atoms with Gasteiger partial charge < -0.3 is 9.80 Å². The standard InChI is InChI=1S/C84H56N2/c1-5-21-57(22-6-1)65-33-17-37-71(51-65)85(72-38-18-34-66(52-72)58-23-7-2-8-24-58)81-55-79(69-43-41-61-29-13-15-31-63(61)49-69)75-46-48-78-82(56-80(76-45-47-77(81)83(75)84(76)78)70-44-42-62-30-14-16-32-64(62)50-70)86(73-39-19-35-67(53-73)59-25-9-3-10-26-59)74-40-20-36-68(54-74)60-27-11-4-12-28-60/h1-56H. The lowest BCUT2D eigenvalue weighted by atomic mass is 9.84. The highest BCUT2D eigenvalue weighted by atomic mass is 15.2. The molecule has 86 heavy (non-hydrogen) atoms. The fourth-order valence-electron chi connectivity index (χ4n) is 13.2.